The SMILES string of the molecule is COc1ccc(C(c2ccc(OC)c(OC)c2)[C@H](C)NC(=O)[C@H](CC(C)C)NC(=O)c2nccc(OC)c2OC(=O)C(C)C)cc1OC. The van der Waals surface area contributed by atoms with Gasteiger partial charge in [0, 0.05) is 24.2 Å². The number of benzene rings is 2. The zero-order valence-corrected chi connectivity index (χ0v) is 29.3. The van der Waals surface area contributed by atoms with Crippen molar-refractivity contribution in [3.63, 3.8) is 0 Å². The van der Waals surface area contributed by atoms with Crippen molar-refractivity contribution in [1.82, 2.24) is 15.6 Å². The van der Waals surface area contributed by atoms with E-state index in [9.17, 15) is 14.4 Å². The summed E-state index contributed by atoms with van der Waals surface area (Å²) in [6.45, 7) is 9.13. The Labute approximate surface area is 282 Å². The highest BCUT2D eigenvalue weighted by molar-refractivity contribution is 5.99. The molecule has 0 aliphatic carbocycles. The molecule has 12 heteroatoms. The number of carbonyl (C=O) groups excluding carboxylic acids is 3. The van der Waals surface area contributed by atoms with Gasteiger partial charge in [0.1, 0.15) is 6.04 Å². The van der Waals surface area contributed by atoms with Gasteiger partial charge in [0.2, 0.25) is 11.7 Å². The molecule has 0 unspecified atom stereocenters. The lowest BCUT2D eigenvalue weighted by Crippen LogP contribution is -2.51. The van der Waals surface area contributed by atoms with Crippen molar-refractivity contribution >= 4 is 17.8 Å². The van der Waals surface area contributed by atoms with Crippen LogP contribution in [0.1, 0.15) is 68.6 Å². The predicted octanol–water partition coefficient (Wildman–Crippen LogP) is 5.17. The molecule has 12 nitrogen and oxygen atoms in total. The molecule has 2 atom stereocenters. The van der Waals surface area contributed by atoms with Gasteiger partial charge in [-0.05, 0) is 54.7 Å². The van der Waals surface area contributed by atoms with Crippen molar-refractivity contribution in [1.29, 1.82) is 0 Å². The zero-order chi connectivity index (χ0) is 35.5. The average molecular weight is 666 g/mol. The second-order valence-electron chi connectivity index (χ2n) is 11.9. The minimum absolute atomic E-state index is 0.0420. The van der Waals surface area contributed by atoms with E-state index in [0.717, 1.165) is 11.1 Å². The summed E-state index contributed by atoms with van der Waals surface area (Å²) >= 11 is 0. The van der Waals surface area contributed by atoms with Gasteiger partial charge >= 0.3 is 5.97 Å². The number of hydrogen-bond acceptors (Lipinski definition) is 10. The fraction of sp³-hybridized carbons (Fsp3) is 0.444. The molecule has 0 fully saturated rings. The number of carbonyl (C=O) groups is 3. The number of nitrogens with zero attached hydrogens (tertiary/aromatic N) is 1. The van der Waals surface area contributed by atoms with Gasteiger partial charge in [-0.15, -0.1) is 0 Å². The van der Waals surface area contributed by atoms with Crippen molar-refractivity contribution in [2.75, 3.05) is 35.5 Å². The molecule has 0 saturated carbocycles. The van der Waals surface area contributed by atoms with Gasteiger partial charge in [-0.3, -0.25) is 14.4 Å². The Morgan fingerprint density at radius 1 is 0.688 bits per heavy atom. The summed E-state index contributed by atoms with van der Waals surface area (Å²) in [5.41, 5.74) is 1.51. The maximum absolute atomic E-state index is 14.0. The minimum atomic E-state index is -0.946. The van der Waals surface area contributed by atoms with Gasteiger partial charge in [-0.25, -0.2) is 4.98 Å². The summed E-state index contributed by atoms with van der Waals surface area (Å²) in [5.74, 6) is -0.219. The maximum atomic E-state index is 14.0. The van der Waals surface area contributed by atoms with E-state index >= 15 is 0 Å². The molecule has 3 rings (SSSR count). The Morgan fingerprint density at radius 2 is 1.21 bits per heavy atom. The quantitative estimate of drug-likeness (QED) is 0.197. The second-order valence-corrected chi connectivity index (χ2v) is 11.9. The Hall–Kier alpha value is -5.00. The summed E-state index contributed by atoms with van der Waals surface area (Å²) < 4.78 is 32.9. The first-order valence-electron chi connectivity index (χ1n) is 15.7. The Bertz CT molecular complexity index is 1520. The molecule has 260 valence electrons. The van der Waals surface area contributed by atoms with E-state index in [1.54, 1.807) is 42.3 Å². The van der Waals surface area contributed by atoms with Gasteiger partial charge in [0.05, 0.1) is 41.5 Å². The van der Waals surface area contributed by atoms with Crippen LogP contribution in [0.5, 0.6) is 34.5 Å². The lowest BCUT2D eigenvalue weighted by molar-refractivity contribution is -0.137. The van der Waals surface area contributed by atoms with E-state index in [1.807, 2.05) is 57.2 Å². The molecule has 2 N–H and O–H groups in total. The van der Waals surface area contributed by atoms with Crippen molar-refractivity contribution < 1.29 is 42.8 Å². The highest BCUT2D eigenvalue weighted by Gasteiger charge is 2.31. The van der Waals surface area contributed by atoms with Gasteiger partial charge in [0.25, 0.3) is 5.91 Å². The van der Waals surface area contributed by atoms with Gasteiger partial charge in [-0.2, -0.15) is 0 Å². The molecule has 0 aliphatic rings. The molecular formula is C36H47N3O9. The first-order chi connectivity index (χ1) is 22.9. The highest BCUT2D eigenvalue weighted by atomic mass is 16.6. The molecule has 1 aromatic heterocycles. The van der Waals surface area contributed by atoms with Crippen LogP contribution in [0.25, 0.3) is 0 Å². The minimum Gasteiger partial charge on any atom is -0.493 e. The number of esters is 1. The molecule has 3 aromatic rings. The van der Waals surface area contributed by atoms with Gasteiger partial charge in [0.15, 0.2) is 34.4 Å². The highest BCUT2D eigenvalue weighted by Crippen LogP contribution is 2.38. The summed E-state index contributed by atoms with van der Waals surface area (Å²) in [6, 6.07) is 11.2. The molecule has 1 heterocycles. The number of aromatic nitrogens is 1. The molecule has 0 saturated heterocycles. The standard InChI is InChI=1S/C36H47N3O9/c1-20(2)17-25(39-35(41)32-33(48-36(42)21(3)4)28(45-8)15-16-37-32)34(40)38-22(5)31(23-11-13-26(43-6)29(18-23)46-9)24-12-14-27(44-7)30(19-24)47-10/h11-16,18-22,25,31H,17H2,1-10H3,(H,38,40)(H,39,41)/t22-,25-/m0/s1. The Morgan fingerprint density at radius 3 is 1.67 bits per heavy atom. The molecule has 0 aliphatic heterocycles. The smallest absolute Gasteiger partial charge is 0.313 e. The number of nitrogens with one attached hydrogen (secondary N) is 2. The first kappa shape index (κ1) is 37.5. The zero-order valence-electron chi connectivity index (χ0n) is 29.3. The fourth-order valence-electron chi connectivity index (χ4n) is 5.27. The van der Waals surface area contributed by atoms with Crippen molar-refractivity contribution in [2.45, 2.75) is 59.0 Å². The monoisotopic (exact) mass is 665 g/mol. The van der Waals surface area contributed by atoms with Crippen LogP contribution in [0.2, 0.25) is 0 Å². The number of pyridine rings is 1. The molecule has 2 aromatic carbocycles. The van der Waals surface area contributed by atoms with Gasteiger partial charge < -0.3 is 39.1 Å². The molecule has 48 heavy (non-hydrogen) atoms. The summed E-state index contributed by atoms with van der Waals surface area (Å²) in [6.07, 6.45) is 1.70. The number of rotatable bonds is 16. The topological polar surface area (TPSA) is 144 Å². The van der Waals surface area contributed by atoms with Crippen molar-refractivity contribution in [3.05, 3.63) is 65.5 Å². The lowest BCUT2D eigenvalue weighted by atomic mass is 9.85. The number of methoxy groups -OCH3 is 5. The number of amides is 2. The summed E-state index contributed by atoms with van der Waals surface area (Å²) in [4.78, 5) is 44.3. The number of ether oxygens (including phenoxy) is 6. The van der Waals surface area contributed by atoms with Crippen LogP contribution in [0.4, 0.5) is 0 Å². The Balaban J connectivity index is 2.00. The van der Waals surface area contributed by atoms with Crippen LogP contribution in [-0.2, 0) is 9.59 Å². The first-order valence-corrected chi connectivity index (χ1v) is 15.7. The third-order valence-corrected chi connectivity index (χ3v) is 7.71. The largest absolute Gasteiger partial charge is 0.493 e. The fourth-order valence-corrected chi connectivity index (χ4v) is 5.27. The number of hydrogen-bond donors (Lipinski definition) is 2. The Kier molecular flexibility index (Phi) is 13.5. The van der Waals surface area contributed by atoms with E-state index in [-0.39, 0.29) is 29.0 Å². The molecule has 0 radical (unpaired) electrons. The summed E-state index contributed by atoms with van der Waals surface area (Å²) in [5, 5.41) is 5.94. The molecule has 2 amide bonds. The van der Waals surface area contributed by atoms with E-state index < -0.39 is 35.8 Å². The van der Waals surface area contributed by atoms with E-state index in [0.29, 0.717) is 29.4 Å². The third kappa shape index (κ3) is 9.08. The van der Waals surface area contributed by atoms with Crippen LogP contribution in [0.3, 0.4) is 0 Å². The molecular weight excluding hydrogens is 618 g/mol. The van der Waals surface area contributed by atoms with Crippen LogP contribution in [0, 0.1) is 11.8 Å². The average Bonchev–Trinajstić information content (AvgIpc) is 3.07. The third-order valence-electron chi connectivity index (χ3n) is 7.71. The van der Waals surface area contributed by atoms with Crippen LogP contribution in [0.15, 0.2) is 48.7 Å². The van der Waals surface area contributed by atoms with Crippen molar-refractivity contribution in [2.24, 2.45) is 11.8 Å². The summed E-state index contributed by atoms with van der Waals surface area (Å²) in [7, 11) is 7.64. The molecule has 0 spiro atoms. The molecule has 0 bridgehead atoms. The predicted molar refractivity (Wildman–Crippen MR) is 181 cm³/mol. The van der Waals surface area contributed by atoms with Crippen LogP contribution >= 0.6 is 0 Å². The normalized spacial score (nSPS) is 12.3. The van der Waals surface area contributed by atoms with E-state index in [4.69, 9.17) is 28.4 Å². The van der Waals surface area contributed by atoms with E-state index in [1.165, 1.54) is 19.4 Å². The van der Waals surface area contributed by atoms with Crippen LogP contribution in [-0.4, -0.2) is 70.4 Å². The lowest BCUT2D eigenvalue weighted by Gasteiger charge is -2.29. The van der Waals surface area contributed by atoms with Crippen LogP contribution < -0.4 is 39.1 Å². The second kappa shape index (κ2) is 17.2. The van der Waals surface area contributed by atoms with E-state index in [2.05, 4.69) is 15.6 Å². The van der Waals surface area contributed by atoms with Crippen molar-refractivity contribution in [3.8, 4) is 34.5 Å². The van der Waals surface area contributed by atoms with Gasteiger partial charge in [-0.1, -0.05) is 39.8 Å². The maximum Gasteiger partial charge on any atom is 0.313 e.